The standard InChI is InChI=1S/C34H44O6/c1-3-9-26-10-15-28(16-11-26)29-17-20-32(30(24-29)25-35)40-34(37)21-14-27-12-18-31(19-13-27)38-22-7-5-6-8-23-39-33(36)4-2/h4,12-13,17-20,24-26,28H,2-3,5-11,14-16,21-23H2,1H3. The number of hydrogen-bond acceptors (Lipinski definition) is 6. The van der Waals surface area contributed by atoms with Gasteiger partial charge in [-0.1, -0.05) is 44.5 Å². The molecule has 0 unspecified atom stereocenters. The van der Waals surface area contributed by atoms with Crippen LogP contribution in [-0.2, 0) is 20.7 Å². The highest BCUT2D eigenvalue weighted by molar-refractivity contribution is 5.83. The van der Waals surface area contributed by atoms with E-state index in [1.165, 1.54) is 37.3 Å². The highest BCUT2D eigenvalue weighted by atomic mass is 16.5. The number of unbranched alkanes of at least 4 members (excludes halogenated alkanes) is 3. The molecule has 0 heterocycles. The summed E-state index contributed by atoms with van der Waals surface area (Å²) in [7, 11) is 0. The average molecular weight is 549 g/mol. The number of carbonyl (C=O) groups excluding carboxylic acids is 3. The molecule has 0 bridgehead atoms. The van der Waals surface area contributed by atoms with E-state index in [0.717, 1.165) is 62.0 Å². The Hall–Kier alpha value is -3.41. The summed E-state index contributed by atoms with van der Waals surface area (Å²) in [5, 5.41) is 0. The molecule has 3 rings (SSSR count). The molecule has 0 radical (unpaired) electrons. The van der Waals surface area contributed by atoms with Crippen molar-refractivity contribution < 1.29 is 28.6 Å². The Balaban J connectivity index is 1.36. The van der Waals surface area contributed by atoms with Gasteiger partial charge in [-0.05, 0) is 105 Å². The zero-order chi connectivity index (χ0) is 28.6. The molecule has 6 heteroatoms. The Morgan fingerprint density at radius 3 is 2.35 bits per heavy atom. The van der Waals surface area contributed by atoms with E-state index in [1.807, 2.05) is 36.4 Å². The van der Waals surface area contributed by atoms with Crippen LogP contribution in [0.15, 0.2) is 55.1 Å². The molecule has 2 aromatic rings. The molecule has 2 aromatic carbocycles. The molecule has 0 spiro atoms. The van der Waals surface area contributed by atoms with Gasteiger partial charge in [0.05, 0.1) is 18.8 Å². The number of esters is 2. The Labute approximate surface area is 239 Å². The monoisotopic (exact) mass is 548 g/mol. The van der Waals surface area contributed by atoms with E-state index in [1.54, 1.807) is 6.07 Å². The number of aryl methyl sites for hydroxylation is 1. The quantitative estimate of drug-likeness (QED) is 0.0660. The van der Waals surface area contributed by atoms with Gasteiger partial charge in [0.2, 0.25) is 0 Å². The molecule has 6 nitrogen and oxygen atoms in total. The second-order valence-corrected chi connectivity index (χ2v) is 10.7. The van der Waals surface area contributed by atoms with E-state index >= 15 is 0 Å². The molecule has 1 saturated carbocycles. The van der Waals surface area contributed by atoms with Crippen LogP contribution in [-0.4, -0.2) is 31.4 Å². The second-order valence-electron chi connectivity index (χ2n) is 10.7. The van der Waals surface area contributed by atoms with E-state index in [0.29, 0.717) is 36.9 Å². The topological polar surface area (TPSA) is 78.9 Å². The minimum atomic E-state index is -0.379. The number of benzene rings is 2. The van der Waals surface area contributed by atoms with E-state index in [-0.39, 0.29) is 18.4 Å². The number of ether oxygens (including phenoxy) is 3. The lowest BCUT2D eigenvalue weighted by Crippen LogP contribution is -2.14. The van der Waals surface area contributed by atoms with E-state index in [9.17, 15) is 14.4 Å². The molecule has 0 saturated heterocycles. The summed E-state index contributed by atoms with van der Waals surface area (Å²) >= 11 is 0. The average Bonchev–Trinajstić information content (AvgIpc) is 2.98. The largest absolute Gasteiger partial charge is 0.494 e. The Morgan fingerprint density at radius 1 is 0.950 bits per heavy atom. The SMILES string of the molecule is C=CC(=O)OCCCCCCOc1ccc(CCC(=O)Oc2ccc(C3CCC(CCC)CC3)cc2C=O)cc1. The molecule has 0 atom stereocenters. The van der Waals surface area contributed by atoms with Crippen LogP contribution in [0.5, 0.6) is 11.5 Å². The molecule has 1 fully saturated rings. The Bertz CT molecular complexity index is 1080. The third-order valence-electron chi connectivity index (χ3n) is 7.66. The maximum atomic E-state index is 12.5. The van der Waals surface area contributed by atoms with Crippen LogP contribution >= 0.6 is 0 Å². The van der Waals surface area contributed by atoms with E-state index in [2.05, 4.69) is 13.5 Å². The summed E-state index contributed by atoms with van der Waals surface area (Å²) in [6, 6.07) is 13.4. The van der Waals surface area contributed by atoms with Gasteiger partial charge in [-0.2, -0.15) is 0 Å². The highest BCUT2D eigenvalue weighted by Crippen LogP contribution is 2.38. The highest BCUT2D eigenvalue weighted by Gasteiger charge is 2.23. The first kappa shape index (κ1) is 31.1. The molecular formula is C34H44O6. The van der Waals surface area contributed by atoms with E-state index < -0.39 is 0 Å². The van der Waals surface area contributed by atoms with Crippen molar-refractivity contribution in [3.05, 3.63) is 71.8 Å². The minimum absolute atomic E-state index is 0.226. The maximum Gasteiger partial charge on any atom is 0.330 e. The fraction of sp³-hybridized carbons (Fsp3) is 0.500. The van der Waals surface area contributed by atoms with Crippen molar-refractivity contribution in [2.75, 3.05) is 13.2 Å². The fourth-order valence-electron chi connectivity index (χ4n) is 5.35. The van der Waals surface area contributed by atoms with Crippen LogP contribution in [0, 0.1) is 5.92 Å². The number of rotatable bonds is 17. The van der Waals surface area contributed by atoms with Crippen LogP contribution in [0.2, 0.25) is 0 Å². The normalized spacial score (nSPS) is 16.6. The molecule has 1 aliphatic carbocycles. The zero-order valence-electron chi connectivity index (χ0n) is 23.9. The van der Waals surface area contributed by atoms with Gasteiger partial charge in [0, 0.05) is 12.5 Å². The number of carbonyl (C=O) groups is 3. The van der Waals surface area contributed by atoms with Gasteiger partial charge in [-0.25, -0.2) is 4.79 Å². The van der Waals surface area contributed by atoms with Crippen molar-refractivity contribution in [3.63, 3.8) is 0 Å². The zero-order valence-corrected chi connectivity index (χ0v) is 23.9. The van der Waals surface area contributed by atoms with Crippen molar-refractivity contribution in [2.24, 2.45) is 5.92 Å². The van der Waals surface area contributed by atoms with Crippen LogP contribution in [0.25, 0.3) is 0 Å². The third-order valence-corrected chi connectivity index (χ3v) is 7.66. The third kappa shape index (κ3) is 10.6. The predicted octanol–water partition coefficient (Wildman–Crippen LogP) is 7.78. The smallest absolute Gasteiger partial charge is 0.330 e. The molecule has 0 N–H and O–H groups in total. The Kier molecular flexibility index (Phi) is 13.5. The van der Waals surface area contributed by atoms with Crippen LogP contribution < -0.4 is 9.47 Å². The second kappa shape index (κ2) is 17.3. The first-order valence-electron chi connectivity index (χ1n) is 14.8. The van der Waals surface area contributed by atoms with Gasteiger partial charge in [0.15, 0.2) is 6.29 Å². The molecule has 216 valence electrons. The lowest BCUT2D eigenvalue weighted by atomic mass is 9.77. The predicted molar refractivity (Wildman–Crippen MR) is 157 cm³/mol. The molecule has 0 aromatic heterocycles. The van der Waals surface area contributed by atoms with Gasteiger partial charge in [-0.3, -0.25) is 9.59 Å². The summed E-state index contributed by atoms with van der Waals surface area (Å²) in [5.74, 6) is 1.71. The summed E-state index contributed by atoms with van der Waals surface area (Å²) < 4.78 is 16.3. The lowest BCUT2D eigenvalue weighted by Gasteiger charge is -2.28. The van der Waals surface area contributed by atoms with Gasteiger partial charge < -0.3 is 14.2 Å². The molecule has 1 aliphatic rings. The molecular weight excluding hydrogens is 504 g/mol. The minimum Gasteiger partial charge on any atom is -0.494 e. The van der Waals surface area contributed by atoms with Crippen molar-refractivity contribution in [3.8, 4) is 11.5 Å². The number of hydrogen-bond donors (Lipinski definition) is 0. The van der Waals surface area contributed by atoms with Crippen molar-refractivity contribution >= 4 is 18.2 Å². The summed E-state index contributed by atoms with van der Waals surface area (Å²) in [6.07, 6.45) is 13.8. The maximum absolute atomic E-state index is 12.5. The first-order chi connectivity index (χ1) is 19.5. The van der Waals surface area contributed by atoms with Crippen molar-refractivity contribution in [1.82, 2.24) is 0 Å². The summed E-state index contributed by atoms with van der Waals surface area (Å²) in [6.45, 7) is 6.66. The fourth-order valence-corrected chi connectivity index (χ4v) is 5.35. The summed E-state index contributed by atoms with van der Waals surface area (Å²) in [4.78, 5) is 35.3. The lowest BCUT2D eigenvalue weighted by molar-refractivity contribution is -0.138. The van der Waals surface area contributed by atoms with Crippen molar-refractivity contribution in [1.29, 1.82) is 0 Å². The summed E-state index contributed by atoms with van der Waals surface area (Å²) in [5.41, 5.74) is 2.63. The van der Waals surface area contributed by atoms with Crippen LogP contribution in [0.3, 0.4) is 0 Å². The first-order valence-corrected chi connectivity index (χ1v) is 14.8. The molecule has 0 aliphatic heterocycles. The van der Waals surface area contributed by atoms with Crippen molar-refractivity contribution in [2.45, 2.75) is 89.9 Å². The van der Waals surface area contributed by atoms with Gasteiger partial charge >= 0.3 is 11.9 Å². The van der Waals surface area contributed by atoms with Crippen LogP contribution in [0.4, 0.5) is 0 Å². The van der Waals surface area contributed by atoms with Crippen LogP contribution in [0.1, 0.15) is 105 Å². The number of aldehydes is 1. The molecule has 40 heavy (non-hydrogen) atoms. The Morgan fingerprint density at radius 2 is 1.68 bits per heavy atom. The van der Waals surface area contributed by atoms with E-state index in [4.69, 9.17) is 14.2 Å². The van der Waals surface area contributed by atoms with Gasteiger partial charge in [0.25, 0.3) is 0 Å². The van der Waals surface area contributed by atoms with Gasteiger partial charge in [-0.15, -0.1) is 0 Å². The molecule has 0 amide bonds. The van der Waals surface area contributed by atoms with Gasteiger partial charge in [0.1, 0.15) is 11.5 Å².